The number of carbonyl (C=O) groups excluding carboxylic acids is 1. The zero-order chi connectivity index (χ0) is 21.2. The predicted octanol–water partition coefficient (Wildman–Crippen LogP) is 3.23. The Morgan fingerprint density at radius 1 is 1.21 bits per heavy atom. The molecule has 1 aliphatic heterocycles. The van der Waals surface area contributed by atoms with E-state index in [1.807, 2.05) is 0 Å². The van der Waals surface area contributed by atoms with Crippen LogP contribution >= 0.6 is 0 Å². The van der Waals surface area contributed by atoms with Gasteiger partial charge in [-0.3, -0.25) is 9.10 Å². The number of sulfonamides is 1. The van der Waals surface area contributed by atoms with Crippen LogP contribution in [0.1, 0.15) is 27.9 Å². The molecule has 0 radical (unpaired) electrons. The van der Waals surface area contributed by atoms with Crippen LogP contribution in [0.3, 0.4) is 0 Å². The highest BCUT2D eigenvalue weighted by Gasteiger charge is 2.32. The van der Waals surface area contributed by atoms with Gasteiger partial charge in [-0.15, -0.1) is 13.2 Å². The highest BCUT2D eigenvalue weighted by atomic mass is 32.2. The third-order valence-corrected chi connectivity index (χ3v) is 5.64. The van der Waals surface area contributed by atoms with Gasteiger partial charge >= 0.3 is 6.36 Å². The van der Waals surface area contributed by atoms with E-state index in [4.69, 9.17) is 0 Å². The highest BCUT2D eigenvalue weighted by Crippen LogP contribution is 2.30. The molecule has 0 atom stereocenters. The maximum absolute atomic E-state index is 12.5. The van der Waals surface area contributed by atoms with Gasteiger partial charge in [-0.25, -0.2) is 8.42 Å². The van der Waals surface area contributed by atoms with Crippen molar-refractivity contribution >= 4 is 21.6 Å². The first-order chi connectivity index (χ1) is 13.5. The van der Waals surface area contributed by atoms with Crippen LogP contribution in [0, 0.1) is 0 Å². The summed E-state index contributed by atoms with van der Waals surface area (Å²) in [7, 11) is -3.41. The molecule has 0 unspecified atom stereocenters. The zero-order valence-electron chi connectivity index (χ0n) is 15.5. The Morgan fingerprint density at radius 3 is 2.62 bits per heavy atom. The van der Waals surface area contributed by atoms with Gasteiger partial charge in [0.1, 0.15) is 5.75 Å². The molecule has 0 aromatic heterocycles. The monoisotopic (exact) mass is 428 g/mol. The van der Waals surface area contributed by atoms with Gasteiger partial charge in [0.15, 0.2) is 0 Å². The fourth-order valence-electron chi connectivity index (χ4n) is 3.20. The number of benzene rings is 2. The molecule has 0 fully saturated rings. The summed E-state index contributed by atoms with van der Waals surface area (Å²) in [5.74, 6) is -0.861. The Labute approximate surface area is 166 Å². The molecule has 0 saturated heterocycles. The molecule has 1 aliphatic rings. The van der Waals surface area contributed by atoms with Crippen LogP contribution < -0.4 is 14.4 Å². The average Bonchev–Trinajstić information content (AvgIpc) is 2.64. The third kappa shape index (κ3) is 5.20. The van der Waals surface area contributed by atoms with Crippen LogP contribution in [0.4, 0.5) is 18.9 Å². The number of aryl methyl sites for hydroxylation is 1. The molecule has 0 bridgehead atoms. The Bertz CT molecular complexity index is 1020. The number of rotatable bonds is 5. The maximum atomic E-state index is 12.5. The van der Waals surface area contributed by atoms with E-state index in [-0.39, 0.29) is 17.9 Å². The molecule has 1 amide bonds. The largest absolute Gasteiger partial charge is 0.573 e. The summed E-state index contributed by atoms with van der Waals surface area (Å²) in [5, 5.41) is 2.57. The van der Waals surface area contributed by atoms with E-state index in [2.05, 4.69) is 10.1 Å². The normalized spacial score (nSPS) is 14.3. The molecule has 3 rings (SSSR count). The van der Waals surface area contributed by atoms with Gasteiger partial charge in [0, 0.05) is 24.2 Å². The van der Waals surface area contributed by atoms with Crippen LogP contribution in [-0.4, -0.2) is 33.5 Å². The maximum Gasteiger partial charge on any atom is 0.573 e. The van der Waals surface area contributed by atoms with Crippen molar-refractivity contribution in [2.45, 2.75) is 25.7 Å². The molecule has 2 aromatic rings. The second kappa shape index (κ2) is 7.94. The Morgan fingerprint density at radius 2 is 1.93 bits per heavy atom. The fourth-order valence-corrected chi connectivity index (χ4v) is 4.20. The predicted molar refractivity (Wildman–Crippen MR) is 101 cm³/mol. The van der Waals surface area contributed by atoms with E-state index in [9.17, 15) is 26.4 Å². The third-order valence-electron chi connectivity index (χ3n) is 4.46. The van der Waals surface area contributed by atoms with Crippen molar-refractivity contribution in [3.05, 3.63) is 59.2 Å². The molecule has 0 spiro atoms. The first kappa shape index (κ1) is 21.0. The molecule has 10 heteroatoms. The van der Waals surface area contributed by atoms with Gasteiger partial charge in [0.2, 0.25) is 10.0 Å². The van der Waals surface area contributed by atoms with Crippen LogP contribution in [0.5, 0.6) is 5.75 Å². The molecule has 29 heavy (non-hydrogen) atoms. The molecule has 156 valence electrons. The SMILES string of the molecule is CS(=O)(=O)N1CCCc2cc(C(=O)NCc3ccccc3OC(F)(F)F)ccc21. The van der Waals surface area contributed by atoms with Crippen molar-refractivity contribution in [3.8, 4) is 5.75 Å². The first-order valence-corrected chi connectivity index (χ1v) is 10.6. The van der Waals surface area contributed by atoms with Gasteiger partial charge in [0.05, 0.1) is 11.9 Å². The van der Waals surface area contributed by atoms with E-state index in [1.165, 1.54) is 28.6 Å². The number of ether oxygens (including phenoxy) is 1. The number of para-hydroxylation sites is 1. The molecule has 0 aliphatic carbocycles. The van der Waals surface area contributed by atoms with Crippen LogP contribution in [-0.2, 0) is 23.0 Å². The van der Waals surface area contributed by atoms with Crippen molar-refractivity contribution < 1.29 is 31.1 Å². The smallest absolute Gasteiger partial charge is 0.405 e. The van der Waals surface area contributed by atoms with Gasteiger partial charge in [0.25, 0.3) is 5.91 Å². The average molecular weight is 428 g/mol. The number of fused-ring (bicyclic) bond motifs is 1. The number of halogens is 3. The van der Waals surface area contributed by atoms with Gasteiger partial charge in [-0.2, -0.15) is 0 Å². The van der Waals surface area contributed by atoms with E-state index in [1.54, 1.807) is 18.2 Å². The number of anilines is 1. The number of hydrogen-bond acceptors (Lipinski definition) is 4. The van der Waals surface area contributed by atoms with Crippen LogP contribution in [0.25, 0.3) is 0 Å². The molecular weight excluding hydrogens is 409 g/mol. The van der Waals surface area contributed by atoms with E-state index < -0.39 is 22.3 Å². The number of amides is 1. The molecule has 1 heterocycles. The van der Waals surface area contributed by atoms with Gasteiger partial charge in [-0.1, -0.05) is 18.2 Å². The Balaban J connectivity index is 1.75. The lowest BCUT2D eigenvalue weighted by Crippen LogP contribution is -2.34. The van der Waals surface area contributed by atoms with Crippen LogP contribution in [0.2, 0.25) is 0 Å². The number of alkyl halides is 3. The second-order valence-electron chi connectivity index (χ2n) is 6.62. The minimum atomic E-state index is -4.83. The van der Waals surface area contributed by atoms with Crippen molar-refractivity contribution in [2.24, 2.45) is 0 Å². The van der Waals surface area contributed by atoms with Gasteiger partial charge < -0.3 is 10.1 Å². The van der Waals surface area contributed by atoms with Gasteiger partial charge in [-0.05, 0) is 42.7 Å². The lowest BCUT2D eigenvalue weighted by atomic mass is 10.0. The summed E-state index contributed by atoms with van der Waals surface area (Å²) < 4.78 is 66.6. The number of nitrogens with zero attached hydrogens (tertiary/aromatic N) is 1. The molecule has 1 N–H and O–H groups in total. The van der Waals surface area contributed by atoms with Crippen molar-refractivity contribution in [3.63, 3.8) is 0 Å². The summed E-state index contributed by atoms with van der Waals surface area (Å²) >= 11 is 0. The van der Waals surface area contributed by atoms with E-state index >= 15 is 0 Å². The molecular formula is C19H19F3N2O4S. The number of carbonyl (C=O) groups is 1. The van der Waals surface area contributed by atoms with E-state index in [0.29, 0.717) is 30.6 Å². The summed E-state index contributed by atoms with van der Waals surface area (Å²) in [6.45, 7) is 0.227. The molecule has 6 nitrogen and oxygen atoms in total. The van der Waals surface area contributed by atoms with Crippen LogP contribution in [0.15, 0.2) is 42.5 Å². The Hall–Kier alpha value is -2.75. The fraction of sp³-hybridized carbons (Fsp3) is 0.316. The molecule has 0 saturated carbocycles. The topological polar surface area (TPSA) is 75.7 Å². The lowest BCUT2D eigenvalue weighted by Gasteiger charge is -2.29. The number of hydrogen-bond donors (Lipinski definition) is 1. The summed E-state index contributed by atoms with van der Waals surface area (Å²) in [5.41, 5.74) is 1.75. The van der Waals surface area contributed by atoms with Crippen molar-refractivity contribution in [2.75, 3.05) is 17.1 Å². The lowest BCUT2D eigenvalue weighted by molar-refractivity contribution is -0.274. The standard InChI is InChI=1S/C19H19F3N2O4S/c1-29(26,27)24-10-4-6-13-11-14(8-9-16(13)24)18(25)23-12-15-5-2-3-7-17(15)28-19(20,21)22/h2-3,5,7-9,11H,4,6,10,12H2,1H3,(H,23,25). The summed E-state index contributed by atoms with van der Waals surface area (Å²) in [6, 6.07) is 10.2. The highest BCUT2D eigenvalue weighted by molar-refractivity contribution is 7.92. The minimum Gasteiger partial charge on any atom is -0.405 e. The number of nitrogens with one attached hydrogen (secondary N) is 1. The second-order valence-corrected chi connectivity index (χ2v) is 8.53. The minimum absolute atomic E-state index is 0.155. The molecule has 2 aromatic carbocycles. The summed E-state index contributed by atoms with van der Waals surface area (Å²) in [4.78, 5) is 12.5. The quantitative estimate of drug-likeness (QED) is 0.794. The Kier molecular flexibility index (Phi) is 5.74. The summed E-state index contributed by atoms with van der Waals surface area (Å²) in [6.07, 6.45) is -2.44. The zero-order valence-corrected chi connectivity index (χ0v) is 16.3. The first-order valence-electron chi connectivity index (χ1n) is 8.77. The van der Waals surface area contributed by atoms with Crippen molar-refractivity contribution in [1.82, 2.24) is 5.32 Å². The van der Waals surface area contributed by atoms with E-state index in [0.717, 1.165) is 11.8 Å². The van der Waals surface area contributed by atoms with Crippen molar-refractivity contribution in [1.29, 1.82) is 0 Å².